The van der Waals surface area contributed by atoms with Crippen LogP contribution in [0.5, 0.6) is 0 Å². The molecule has 1 aliphatic heterocycles. The van der Waals surface area contributed by atoms with Gasteiger partial charge in [0.2, 0.25) is 5.91 Å². The van der Waals surface area contributed by atoms with E-state index in [0.717, 1.165) is 48.1 Å². The van der Waals surface area contributed by atoms with Crippen molar-refractivity contribution in [1.29, 1.82) is 0 Å². The average molecular weight is 319 g/mol. The first kappa shape index (κ1) is 14.9. The molecule has 24 heavy (non-hydrogen) atoms. The highest BCUT2D eigenvalue weighted by molar-refractivity contribution is 5.94. The number of fused-ring (bicyclic) bond motifs is 1. The molecular formula is C20H21N3O. The van der Waals surface area contributed by atoms with Gasteiger partial charge in [0.1, 0.15) is 12.2 Å². The summed E-state index contributed by atoms with van der Waals surface area (Å²) in [6.45, 7) is 2.07. The number of likely N-dealkylation sites (tertiary alicyclic amines) is 1. The van der Waals surface area contributed by atoms with Gasteiger partial charge in [-0.05, 0) is 25.3 Å². The van der Waals surface area contributed by atoms with Crippen molar-refractivity contribution in [2.75, 3.05) is 13.1 Å². The van der Waals surface area contributed by atoms with Crippen molar-refractivity contribution in [2.24, 2.45) is 0 Å². The summed E-state index contributed by atoms with van der Waals surface area (Å²) in [5, 5.41) is 5.86. The fourth-order valence-corrected chi connectivity index (χ4v) is 3.43. The van der Waals surface area contributed by atoms with Gasteiger partial charge >= 0.3 is 0 Å². The Labute approximate surface area is 141 Å². The molecule has 1 amide bonds. The first-order valence-corrected chi connectivity index (χ1v) is 8.62. The van der Waals surface area contributed by atoms with E-state index in [1.807, 2.05) is 46.0 Å². The molecule has 1 aromatic heterocycles. The molecule has 2 aromatic carbocycles. The van der Waals surface area contributed by atoms with Gasteiger partial charge in [0.25, 0.3) is 0 Å². The number of rotatable bonds is 3. The number of benzene rings is 2. The fourth-order valence-electron chi connectivity index (χ4n) is 3.43. The van der Waals surface area contributed by atoms with Gasteiger partial charge in [-0.3, -0.25) is 9.48 Å². The summed E-state index contributed by atoms with van der Waals surface area (Å²) in [5.41, 5.74) is 3.04. The predicted molar refractivity (Wildman–Crippen MR) is 95.6 cm³/mol. The Bertz CT molecular complexity index is 848. The van der Waals surface area contributed by atoms with E-state index in [1.54, 1.807) is 0 Å². The van der Waals surface area contributed by atoms with Crippen LogP contribution >= 0.6 is 0 Å². The zero-order chi connectivity index (χ0) is 16.4. The van der Waals surface area contributed by atoms with E-state index in [0.29, 0.717) is 6.54 Å². The highest BCUT2D eigenvalue weighted by Gasteiger charge is 2.19. The fraction of sp³-hybridized carbons (Fsp3) is 0.300. The van der Waals surface area contributed by atoms with E-state index in [4.69, 9.17) is 5.10 Å². The van der Waals surface area contributed by atoms with Crippen molar-refractivity contribution >= 4 is 16.8 Å². The molecule has 0 bridgehead atoms. The lowest BCUT2D eigenvalue weighted by Crippen LogP contribution is -2.37. The number of piperidine rings is 1. The first-order chi connectivity index (χ1) is 11.8. The zero-order valence-electron chi connectivity index (χ0n) is 13.7. The van der Waals surface area contributed by atoms with Gasteiger partial charge in [-0.1, -0.05) is 48.5 Å². The molecule has 0 atom stereocenters. The second-order valence-electron chi connectivity index (χ2n) is 6.33. The van der Waals surface area contributed by atoms with Crippen LogP contribution in [0.3, 0.4) is 0 Å². The van der Waals surface area contributed by atoms with Crippen molar-refractivity contribution in [3.63, 3.8) is 0 Å². The van der Waals surface area contributed by atoms with Crippen molar-refractivity contribution in [2.45, 2.75) is 25.8 Å². The molecule has 0 spiro atoms. The lowest BCUT2D eigenvalue weighted by atomic mass is 10.1. The van der Waals surface area contributed by atoms with Crippen LogP contribution in [-0.2, 0) is 11.3 Å². The van der Waals surface area contributed by atoms with Gasteiger partial charge in [-0.2, -0.15) is 5.10 Å². The summed E-state index contributed by atoms with van der Waals surface area (Å²) in [5.74, 6) is 0.169. The Morgan fingerprint density at radius 3 is 2.42 bits per heavy atom. The Hall–Kier alpha value is -2.62. The zero-order valence-corrected chi connectivity index (χ0v) is 13.7. The highest BCUT2D eigenvalue weighted by Crippen LogP contribution is 2.27. The molecule has 0 unspecified atom stereocenters. The van der Waals surface area contributed by atoms with E-state index in [2.05, 4.69) is 18.2 Å². The second kappa shape index (κ2) is 6.48. The molecule has 2 heterocycles. The van der Waals surface area contributed by atoms with Crippen molar-refractivity contribution in [1.82, 2.24) is 14.7 Å². The maximum Gasteiger partial charge on any atom is 0.244 e. The van der Waals surface area contributed by atoms with E-state index in [9.17, 15) is 4.79 Å². The van der Waals surface area contributed by atoms with E-state index in [1.165, 1.54) is 6.42 Å². The topological polar surface area (TPSA) is 38.1 Å². The minimum Gasteiger partial charge on any atom is -0.341 e. The third-order valence-corrected chi connectivity index (χ3v) is 4.70. The van der Waals surface area contributed by atoms with Crippen LogP contribution in [0.15, 0.2) is 54.6 Å². The van der Waals surface area contributed by atoms with Gasteiger partial charge in [0.15, 0.2) is 0 Å². The summed E-state index contributed by atoms with van der Waals surface area (Å²) in [7, 11) is 0. The van der Waals surface area contributed by atoms with Crippen LogP contribution in [0.4, 0.5) is 0 Å². The SMILES string of the molecule is O=C(Cn1nc(-c2ccccc2)c2ccccc21)N1CCCCC1. The lowest BCUT2D eigenvalue weighted by Gasteiger charge is -2.26. The quantitative estimate of drug-likeness (QED) is 0.738. The molecule has 1 saturated heterocycles. The van der Waals surface area contributed by atoms with Gasteiger partial charge in [-0.25, -0.2) is 0 Å². The number of nitrogens with zero attached hydrogens (tertiary/aromatic N) is 3. The normalized spacial score (nSPS) is 14.9. The monoisotopic (exact) mass is 319 g/mol. The van der Waals surface area contributed by atoms with Crippen LogP contribution in [0.2, 0.25) is 0 Å². The van der Waals surface area contributed by atoms with Crippen LogP contribution in [0, 0.1) is 0 Å². The van der Waals surface area contributed by atoms with Crippen molar-refractivity contribution < 1.29 is 4.79 Å². The number of aromatic nitrogens is 2. The molecular weight excluding hydrogens is 298 g/mol. The van der Waals surface area contributed by atoms with E-state index in [-0.39, 0.29) is 5.91 Å². The molecule has 0 saturated carbocycles. The third kappa shape index (κ3) is 2.80. The minimum absolute atomic E-state index is 0.169. The third-order valence-electron chi connectivity index (χ3n) is 4.70. The molecule has 1 aliphatic rings. The number of hydrogen-bond acceptors (Lipinski definition) is 2. The largest absolute Gasteiger partial charge is 0.341 e. The van der Waals surface area contributed by atoms with Gasteiger partial charge in [0, 0.05) is 24.0 Å². The summed E-state index contributed by atoms with van der Waals surface area (Å²) in [4.78, 5) is 14.6. The summed E-state index contributed by atoms with van der Waals surface area (Å²) < 4.78 is 1.86. The summed E-state index contributed by atoms with van der Waals surface area (Å²) in [6.07, 6.45) is 3.45. The van der Waals surface area contributed by atoms with Crippen LogP contribution in [0.25, 0.3) is 22.2 Å². The number of para-hydroxylation sites is 1. The molecule has 3 aromatic rings. The molecule has 4 nitrogen and oxygen atoms in total. The molecule has 1 fully saturated rings. The van der Waals surface area contributed by atoms with Crippen LogP contribution < -0.4 is 0 Å². The molecule has 0 aliphatic carbocycles. The predicted octanol–water partition coefficient (Wildman–Crippen LogP) is 3.72. The van der Waals surface area contributed by atoms with Crippen molar-refractivity contribution in [3.8, 4) is 11.3 Å². The smallest absolute Gasteiger partial charge is 0.244 e. The number of hydrogen-bond donors (Lipinski definition) is 0. The van der Waals surface area contributed by atoms with Gasteiger partial charge < -0.3 is 4.90 Å². The molecule has 0 N–H and O–H groups in total. The molecule has 4 heteroatoms. The Morgan fingerprint density at radius 2 is 1.62 bits per heavy atom. The Morgan fingerprint density at radius 1 is 0.917 bits per heavy atom. The maximum atomic E-state index is 12.6. The van der Waals surface area contributed by atoms with Crippen molar-refractivity contribution in [3.05, 3.63) is 54.6 Å². The van der Waals surface area contributed by atoms with E-state index < -0.39 is 0 Å². The second-order valence-corrected chi connectivity index (χ2v) is 6.33. The first-order valence-electron chi connectivity index (χ1n) is 8.62. The number of carbonyl (C=O) groups excluding carboxylic acids is 1. The average Bonchev–Trinajstić information content (AvgIpc) is 3.02. The Balaban J connectivity index is 1.69. The van der Waals surface area contributed by atoms with Gasteiger partial charge in [0.05, 0.1) is 5.52 Å². The van der Waals surface area contributed by atoms with E-state index >= 15 is 0 Å². The number of amides is 1. The summed E-state index contributed by atoms with van der Waals surface area (Å²) in [6, 6.07) is 18.3. The van der Waals surface area contributed by atoms with Crippen LogP contribution in [-0.4, -0.2) is 33.7 Å². The lowest BCUT2D eigenvalue weighted by molar-refractivity contribution is -0.132. The highest BCUT2D eigenvalue weighted by atomic mass is 16.2. The van der Waals surface area contributed by atoms with Crippen LogP contribution in [0.1, 0.15) is 19.3 Å². The summed E-state index contributed by atoms with van der Waals surface area (Å²) >= 11 is 0. The molecule has 122 valence electrons. The number of carbonyl (C=O) groups is 1. The molecule has 4 rings (SSSR count). The molecule has 0 radical (unpaired) electrons. The minimum atomic E-state index is 0.169. The Kier molecular flexibility index (Phi) is 4.03. The van der Waals surface area contributed by atoms with Gasteiger partial charge in [-0.15, -0.1) is 0 Å². The standard InChI is InChI=1S/C20H21N3O/c24-19(22-13-7-2-8-14-22)15-23-18-12-6-5-11-17(18)20(21-23)16-9-3-1-4-10-16/h1,3-6,9-12H,2,7-8,13-15H2. The maximum absolute atomic E-state index is 12.6.